The zero-order chi connectivity index (χ0) is 46.1. The molecule has 5 aliphatic rings. The van der Waals surface area contributed by atoms with Gasteiger partial charge in [-0.3, -0.25) is 43.2 Å². The highest BCUT2D eigenvalue weighted by Crippen LogP contribution is 2.29. The van der Waals surface area contributed by atoms with Gasteiger partial charge in [-0.15, -0.1) is 0 Å². The lowest BCUT2D eigenvalue weighted by atomic mass is 10.1. The fourth-order valence-corrected chi connectivity index (χ4v) is 9.23. The third-order valence-corrected chi connectivity index (χ3v) is 12.5. The topological polar surface area (TPSA) is 350 Å². The molecule has 24 nitrogen and oxygen atoms in total. The van der Waals surface area contributed by atoms with E-state index in [9.17, 15) is 68.4 Å². The first-order valence-corrected chi connectivity index (χ1v) is 21.5. The second-order valence-electron chi connectivity index (χ2n) is 16.6. The summed E-state index contributed by atoms with van der Waals surface area (Å²) in [6.07, 6.45) is 2.54. The summed E-state index contributed by atoms with van der Waals surface area (Å²) in [7, 11) is 0. The van der Waals surface area contributed by atoms with Crippen molar-refractivity contribution in [2.75, 3.05) is 52.5 Å². The van der Waals surface area contributed by atoms with Crippen LogP contribution in [0.2, 0.25) is 0 Å². The number of aliphatic carboxylic acids is 2. The maximum atomic E-state index is 14.2. The van der Waals surface area contributed by atoms with Gasteiger partial charge in [0.25, 0.3) is 0 Å². The van der Waals surface area contributed by atoms with Crippen LogP contribution in [0.4, 0.5) is 0 Å². The van der Waals surface area contributed by atoms with Gasteiger partial charge in [-0.25, -0.2) is 4.79 Å². The molecule has 63 heavy (non-hydrogen) atoms. The van der Waals surface area contributed by atoms with Crippen LogP contribution >= 0.6 is 0 Å². The molecule has 9 atom stereocenters. The quantitative estimate of drug-likeness (QED) is 0.0620. The molecule has 0 saturated carbocycles. The summed E-state index contributed by atoms with van der Waals surface area (Å²) in [6, 6.07) is -11.0. The standard InChI is InChI=1S/C39H59N9O15/c40-21(11-12-30(52)53)31(54)41-22(18-49)34(57)44-13-1-6-25(44)32(55)42-23(19-50)35(58)46-15-3-8-27(46)38(61)47-16-4-9-28(47)37(60)45-14-2-7-26(45)33(56)43-24(20-51)36(59)48-17-5-10-29(48)39(62)63/h21-29,49-51H,1-20,40H2,(H,41,54)(H,42,55)(H,43,56)(H,52,53)(H,62,63)/t21-,22-,23-,24-,25-,26-,27-,28-,29-/m0/s1. The van der Waals surface area contributed by atoms with Crippen LogP contribution in [0.1, 0.15) is 77.0 Å². The fourth-order valence-electron chi connectivity index (χ4n) is 9.23. The molecule has 5 rings (SSSR count). The smallest absolute Gasteiger partial charge is 0.326 e. The average molecular weight is 894 g/mol. The van der Waals surface area contributed by atoms with E-state index in [1.807, 2.05) is 0 Å². The Kier molecular flexibility index (Phi) is 16.8. The van der Waals surface area contributed by atoms with E-state index >= 15 is 0 Å². The Labute approximate surface area is 362 Å². The molecule has 0 spiro atoms. The molecule has 5 aliphatic heterocycles. The molecule has 8 amide bonds. The number of carboxylic acid groups (broad SMARTS) is 2. The number of amides is 8. The number of carboxylic acids is 2. The largest absolute Gasteiger partial charge is 0.481 e. The summed E-state index contributed by atoms with van der Waals surface area (Å²) in [5, 5.41) is 55.9. The molecule has 5 fully saturated rings. The summed E-state index contributed by atoms with van der Waals surface area (Å²) >= 11 is 0. The van der Waals surface area contributed by atoms with Gasteiger partial charge in [0.2, 0.25) is 47.3 Å². The molecule has 24 heteroatoms. The Hall–Kier alpha value is -5.46. The van der Waals surface area contributed by atoms with E-state index in [1.54, 1.807) is 0 Å². The maximum absolute atomic E-state index is 14.2. The summed E-state index contributed by atoms with van der Waals surface area (Å²) in [5.41, 5.74) is 5.73. The normalized spacial score (nSPS) is 25.3. The molecule has 0 radical (unpaired) electrons. The molecule has 5 saturated heterocycles. The van der Waals surface area contributed by atoms with E-state index in [4.69, 9.17) is 10.8 Å². The second kappa shape index (κ2) is 21.8. The Bertz CT molecular complexity index is 1780. The molecule has 10 N–H and O–H groups in total. The van der Waals surface area contributed by atoms with Crippen molar-refractivity contribution in [1.29, 1.82) is 0 Å². The number of aliphatic hydroxyl groups excluding tert-OH is 3. The van der Waals surface area contributed by atoms with Gasteiger partial charge in [-0.1, -0.05) is 0 Å². The first kappa shape index (κ1) is 48.6. The van der Waals surface area contributed by atoms with E-state index < -0.39 is 140 Å². The van der Waals surface area contributed by atoms with Gasteiger partial charge in [0, 0.05) is 39.1 Å². The van der Waals surface area contributed by atoms with Crippen LogP contribution in [0.15, 0.2) is 0 Å². The number of carbonyl (C=O) groups excluding carboxylic acids is 8. The first-order chi connectivity index (χ1) is 30.0. The van der Waals surface area contributed by atoms with Crippen LogP contribution in [0.25, 0.3) is 0 Å². The summed E-state index contributed by atoms with van der Waals surface area (Å²) < 4.78 is 0. The van der Waals surface area contributed by atoms with E-state index in [2.05, 4.69) is 16.0 Å². The van der Waals surface area contributed by atoms with Crippen molar-refractivity contribution in [3.05, 3.63) is 0 Å². The summed E-state index contributed by atoms with van der Waals surface area (Å²) in [6.45, 7) is -1.86. The highest BCUT2D eigenvalue weighted by molar-refractivity contribution is 5.99. The minimum absolute atomic E-state index is 0.0595. The monoisotopic (exact) mass is 893 g/mol. The van der Waals surface area contributed by atoms with Crippen LogP contribution in [0, 0.1) is 0 Å². The lowest BCUT2D eigenvalue weighted by Gasteiger charge is -2.35. The number of rotatable bonds is 18. The third-order valence-electron chi connectivity index (χ3n) is 12.5. The van der Waals surface area contributed by atoms with Gasteiger partial charge in [0.05, 0.1) is 25.9 Å². The van der Waals surface area contributed by atoms with Gasteiger partial charge < -0.3 is 71.7 Å². The van der Waals surface area contributed by atoms with E-state index in [0.29, 0.717) is 32.1 Å². The van der Waals surface area contributed by atoms with E-state index in [0.717, 1.165) is 9.80 Å². The number of nitrogens with one attached hydrogen (secondary N) is 3. The lowest BCUT2D eigenvalue weighted by Crippen LogP contribution is -2.60. The van der Waals surface area contributed by atoms with Crippen molar-refractivity contribution in [2.24, 2.45) is 5.73 Å². The third kappa shape index (κ3) is 11.0. The van der Waals surface area contributed by atoms with Crippen molar-refractivity contribution in [3.63, 3.8) is 0 Å². The van der Waals surface area contributed by atoms with E-state index in [-0.39, 0.29) is 71.2 Å². The van der Waals surface area contributed by atoms with Crippen LogP contribution in [0.3, 0.4) is 0 Å². The highest BCUT2D eigenvalue weighted by Gasteiger charge is 2.48. The van der Waals surface area contributed by atoms with Crippen molar-refractivity contribution in [2.45, 2.75) is 131 Å². The Morgan fingerprint density at radius 1 is 0.492 bits per heavy atom. The number of hydrogen-bond acceptors (Lipinski definition) is 14. The SMILES string of the molecule is N[C@@H](CCC(=O)O)C(=O)N[C@@H](CO)C(=O)N1CCC[C@H]1C(=O)N[C@@H](CO)C(=O)N1CCC[C@H]1C(=O)N1CCC[C@H]1C(=O)N1CCC[C@H]1C(=O)N[C@@H](CO)C(=O)N1CCC[C@H]1C(=O)O. The lowest BCUT2D eigenvalue weighted by molar-refractivity contribution is -0.152. The summed E-state index contributed by atoms with van der Waals surface area (Å²) in [4.78, 5) is 137. The summed E-state index contributed by atoms with van der Waals surface area (Å²) in [5.74, 6) is -8.15. The Balaban J connectivity index is 1.19. The minimum atomic E-state index is -1.53. The van der Waals surface area contributed by atoms with Gasteiger partial charge in [0.15, 0.2) is 0 Å². The Morgan fingerprint density at radius 3 is 1.25 bits per heavy atom. The van der Waals surface area contributed by atoms with Crippen LogP contribution < -0.4 is 21.7 Å². The molecule has 0 aromatic carbocycles. The van der Waals surface area contributed by atoms with Gasteiger partial charge in [-0.2, -0.15) is 0 Å². The van der Waals surface area contributed by atoms with Crippen molar-refractivity contribution < 1.29 is 73.5 Å². The van der Waals surface area contributed by atoms with Crippen molar-refractivity contribution in [3.8, 4) is 0 Å². The number of hydrogen-bond donors (Lipinski definition) is 9. The fraction of sp³-hybridized carbons (Fsp3) is 0.744. The molecule has 0 aliphatic carbocycles. The maximum Gasteiger partial charge on any atom is 0.326 e. The van der Waals surface area contributed by atoms with Crippen LogP contribution in [0.5, 0.6) is 0 Å². The molecule has 0 bridgehead atoms. The van der Waals surface area contributed by atoms with Crippen LogP contribution in [-0.4, -0.2) is 216 Å². The molecule has 5 heterocycles. The number of aliphatic hydroxyl groups is 3. The van der Waals surface area contributed by atoms with Gasteiger partial charge in [-0.05, 0) is 70.6 Å². The molecular formula is C39H59N9O15. The van der Waals surface area contributed by atoms with Gasteiger partial charge in [0.1, 0.15) is 48.3 Å². The van der Waals surface area contributed by atoms with Crippen molar-refractivity contribution >= 4 is 59.2 Å². The van der Waals surface area contributed by atoms with Crippen molar-refractivity contribution in [1.82, 2.24) is 40.4 Å². The number of nitrogens with two attached hydrogens (primary N) is 1. The number of carbonyl (C=O) groups is 10. The number of likely N-dealkylation sites (tertiary alicyclic amines) is 5. The molecular weight excluding hydrogens is 834 g/mol. The predicted molar refractivity (Wildman–Crippen MR) is 213 cm³/mol. The molecule has 350 valence electrons. The van der Waals surface area contributed by atoms with E-state index in [1.165, 1.54) is 14.7 Å². The predicted octanol–water partition coefficient (Wildman–Crippen LogP) is -5.35. The first-order valence-electron chi connectivity index (χ1n) is 21.5. The van der Waals surface area contributed by atoms with Crippen LogP contribution in [-0.2, 0) is 47.9 Å². The highest BCUT2D eigenvalue weighted by atomic mass is 16.4. The molecule has 0 aromatic rings. The van der Waals surface area contributed by atoms with Gasteiger partial charge >= 0.3 is 11.9 Å². The molecule has 0 unspecified atom stereocenters. The minimum Gasteiger partial charge on any atom is -0.481 e. The number of nitrogens with zero attached hydrogens (tertiary/aromatic N) is 5. The molecule has 0 aromatic heterocycles. The Morgan fingerprint density at radius 2 is 0.825 bits per heavy atom. The average Bonchev–Trinajstić information content (AvgIpc) is 4.13. The zero-order valence-corrected chi connectivity index (χ0v) is 35.0. The second-order valence-corrected chi connectivity index (χ2v) is 16.6. The zero-order valence-electron chi connectivity index (χ0n) is 35.0.